The standard InChI is InChI=1S/C20H19N9/c1-2-20-6-3-10-29(20)17-15(28-13-24-26-18(20)28)12-23-19(25-17)27-11-9-22-16(27)14-4-7-21-8-5-14/h4-5,7-9,11-13H,2-3,6,10H2,1H3/t20-/m0/s1. The van der Waals surface area contributed by atoms with Crippen molar-refractivity contribution >= 4 is 5.82 Å². The summed E-state index contributed by atoms with van der Waals surface area (Å²) in [6, 6.07) is 3.87. The second-order valence-corrected chi connectivity index (χ2v) is 7.40. The Hall–Kier alpha value is -3.62. The second-order valence-electron chi connectivity index (χ2n) is 7.40. The highest BCUT2D eigenvalue weighted by Crippen LogP contribution is 2.48. The molecule has 0 bridgehead atoms. The van der Waals surface area contributed by atoms with E-state index in [1.165, 1.54) is 0 Å². The lowest BCUT2D eigenvalue weighted by Crippen LogP contribution is -2.46. The van der Waals surface area contributed by atoms with Crippen LogP contribution in [-0.4, -0.2) is 45.8 Å². The lowest BCUT2D eigenvalue weighted by Gasteiger charge is -2.42. The Labute approximate surface area is 167 Å². The van der Waals surface area contributed by atoms with E-state index in [2.05, 4.69) is 37.0 Å². The summed E-state index contributed by atoms with van der Waals surface area (Å²) in [5.41, 5.74) is 1.74. The van der Waals surface area contributed by atoms with Gasteiger partial charge in [0.2, 0.25) is 5.95 Å². The quantitative estimate of drug-likeness (QED) is 0.535. The van der Waals surface area contributed by atoms with Gasteiger partial charge in [0, 0.05) is 36.9 Å². The van der Waals surface area contributed by atoms with Gasteiger partial charge >= 0.3 is 0 Å². The smallest absolute Gasteiger partial charge is 0.237 e. The van der Waals surface area contributed by atoms with Crippen molar-refractivity contribution in [3.8, 4) is 23.0 Å². The second kappa shape index (κ2) is 5.94. The maximum absolute atomic E-state index is 5.00. The summed E-state index contributed by atoms with van der Waals surface area (Å²) < 4.78 is 3.96. The number of hydrogen-bond acceptors (Lipinski definition) is 7. The van der Waals surface area contributed by atoms with Crippen LogP contribution < -0.4 is 4.90 Å². The number of fused-ring (bicyclic) bond motifs is 6. The highest BCUT2D eigenvalue weighted by atomic mass is 15.4. The third-order valence-electron chi connectivity index (χ3n) is 6.08. The van der Waals surface area contributed by atoms with Crippen LogP contribution in [0.3, 0.4) is 0 Å². The first-order chi connectivity index (χ1) is 14.3. The van der Waals surface area contributed by atoms with E-state index in [0.717, 1.165) is 54.5 Å². The fourth-order valence-corrected chi connectivity index (χ4v) is 4.70. The van der Waals surface area contributed by atoms with Crippen molar-refractivity contribution in [3.63, 3.8) is 0 Å². The fourth-order valence-electron chi connectivity index (χ4n) is 4.70. The van der Waals surface area contributed by atoms with Crippen molar-refractivity contribution < 1.29 is 0 Å². The number of hydrogen-bond donors (Lipinski definition) is 0. The molecule has 0 aliphatic carbocycles. The largest absolute Gasteiger partial charge is 0.342 e. The van der Waals surface area contributed by atoms with Gasteiger partial charge in [0.05, 0.1) is 6.20 Å². The van der Waals surface area contributed by atoms with Crippen molar-refractivity contribution in [2.24, 2.45) is 0 Å². The van der Waals surface area contributed by atoms with Gasteiger partial charge in [0.15, 0.2) is 11.6 Å². The first kappa shape index (κ1) is 16.3. The van der Waals surface area contributed by atoms with E-state index in [9.17, 15) is 0 Å². The average molecular weight is 385 g/mol. The lowest BCUT2D eigenvalue weighted by molar-refractivity contribution is 0.382. The van der Waals surface area contributed by atoms with Gasteiger partial charge in [0.1, 0.15) is 23.4 Å². The van der Waals surface area contributed by atoms with Crippen LogP contribution >= 0.6 is 0 Å². The maximum atomic E-state index is 5.00. The Morgan fingerprint density at radius 3 is 2.86 bits per heavy atom. The van der Waals surface area contributed by atoms with Crippen molar-refractivity contribution in [1.29, 1.82) is 0 Å². The molecule has 1 fully saturated rings. The van der Waals surface area contributed by atoms with Gasteiger partial charge in [-0.1, -0.05) is 6.92 Å². The van der Waals surface area contributed by atoms with Gasteiger partial charge in [-0.2, -0.15) is 4.98 Å². The molecule has 2 aliphatic heterocycles. The number of rotatable bonds is 3. The van der Waals surface area contributed by atoms with Crippen LogP contribution in [0.25, 0.3) is 23.0 Å². The normalized spacial score (nSPS) is 19.7. The van der Waals surface area contributed by atoms with E-state index in [1.807, 2.05) is 33.7 Å². The molecule has 0 saturated carbocycles. The molecule has 9 nitrogen and oxygen atoms in total. The van der Waals surface area contributed by atoms with Crippen molar-refractivity contribution in [2.45, 2.75) is 31.7 Å². The Kier molecular flexibility index (Phi) is 3.35. The van der Waals surface area contributed by atoms with E-state index in [1.54, 1.807) is 24.9 Å². The molecule has 1 atom stereocenters. The van der Waals surface area contributed by atoms with Crippen LogP contribution in [0.4, 0.5) is 5.82 Å². The SMILES string of the molecule is CC[C@@]12CCCN1c1nc(-n3ccnc3-c3ccncc3)ncc1-n1cnnc12. The van der Waals surface area contributed by atoms with Crippen LogP contribution in [-0.2, 0) is 5.54 Å². The zero-order chi connectivity index (χ0) is 19.4. The Bertz CT molecular complexity index is 1200. The van der Waals surface area contributed by atoms with Crippen LogP contribution in [0.15, 0.2) is 49.4 Å². The molecule has 0 unspecified atom stereocenters. The molecule has 4 aromatic heterocycles. The summed E-state index contributed by atoms with van der Waals surface area (Å²) in [5, 5.41) is 8.65. The summed E-state index contributed by atoms with van der Waals surface area (Å²) in [6.45, 7) is 3.16. The van der Waals surface area contributed by atoms with Crippen molar-refractivity contribution in [1.82, 2.24) is 39.3 Å². The average Bonchev–Trinajstić information content (AvgIpc) is 3.53. The molecular formula is C20H19N9. The number of imidazole rings is 1. The summed E-state index contributed by atoms with van der Waals surface area (Å²) in [6.07, 6.45) is 13.9. The molecule has 0 amide bonds. The Balaban J connectivity index is 1.54. The van der Waals surface area contributed by atoms with Gasteiger partial charge in [0.25, 0.3) is 0 Å². The molecule has 4 aromatic rings. The summed E-state index contributed by atoms with van der Waals surface area (Å²) >= 11 is 0. The number of nitrogens with zero attached hydrogens (tertiary/aromatic N) is 9. The maximum Gasteiger partial charge on any atom is 0.237 e. The van der Waals surface area contributed by atoms with E-state index in [-0.39, 0.29) is 5.54 Å². The number of anilines is 1. The monoisotopic (exact) mass is 385 g/mol. The molecule has 29 heavy (non-hydrogen) atoms. The summed E-state index contributed by atoms with van der Waals surface area (Å²) in [4.78, 5) is 20.7. The highest BCUT2D eigenvalue weighted by Gasteiger charge is 2.49. The third kappa shape index (κ3) is 2.15. The predicted octanol–water partition coefficient (Wildman–Crippen LogP) is 2.52. The predicted molar refractivity (Wildman–Crippen MR) is 106 cm³/mol. The first-order valence-corrected chi connectivity index (χ1v) is 9.81. The van der Waals surface area contributed by atoms with Crippen LogP contribution in [0.5, 0.6) is 0 Å². The van der Waals surface area contributed by atoms with Crippen molar-refractivity contribution in [3.05, 3.63) is 55.3 Å². The van der Waals surface area contributed by atoms with Crippen molar-refractivity contribution in [2.75, 3.05) is 11.4 Å². The van der Waals surface area contributed by atoms with Crippen LogP contribution in [0.1, 0.15) is 32.0 Å². The highest BCUT2D eigenvalue weighted by molar-refractivity contribution is 5.65. The molecule has 0 spiro atoms. The van der Waals surface area contributed by atoms with E-state index in [4.69, 9.17) is 4.98 Å². The van der Waals surface area contributed by atoms with Crippen LogP contribution in [0.2, 0.25) is 0 Å². The molecule has 1 saturated heterocycles. The number of pyridine rings is 1. The molecule has 6 heterocycles. The van der Waals surface area contributed by atoms with Gasteiger partial charge in [-0.15, -0.1) is 10.2 Å². The van der Waals surface area contributed by atoms with Gasteiger partial charge in [-0.25, -0.2) is 9.97 Å². The zero-order valence-corrected chi connectivity index (χ0v) is 16.0. The number of aromatic nitrogens is 8. The minimum atomic E-state index is -0.155. The fraction of sp³-hybridized carbons (Fsp3) is 0.300. The van der Waals surface area contributed by atoms with Crippen LogP contribution in [0, 0.1) is 0 Å². The van der Waals surface area contributed by atoms with E-state index in [0.29, 0.717) is 5.95 Å². The Morgan fingerprint density at radius 2 is 2.00 bits per heavy atom. The van der Waals surface area contributed by atoms with Gasteiger partial charge < -0.3 is 4.90 Å². The molecule has 0 radical (unpaired) electrons. The van der Waals surface area contributed by atoms with E-state index < -0.39 is 0 Å². The molecule has 0 aromatic carbocycles. The Morgan fingerprint density at radius 1 is 1.10 bits per heavy atom. The van der Waals surface area contributed by atoms with Gasteiger partial charge in [-0.3, -0.25) is 14.1 Å². The topological polar surface area (TPSA) is 90.4 Å². The molecular weight excluding hydrogens is 366 g/mol. The van der Waals surface area contributed by atoms with Gasteiger partial charge in [-0.05, 0) is 31.4 Å². The zero-order valence-electron chi connectivity index (χ0n) is 16.0. The summed E-state index contributed by atoms with van der Waals surface area (Å²) in [5.74, 6) is 3.30. The van der Waals surface area contributed by atoms with E-state index >= 15 is 0 Å². The molecule has 0 N–H and O–H groups in total. The molecule has 9 heteroatoms. The third-order valence-corrected chi connectivity index (χ3v) is 6.08. The lowest BCUT2D eigenvalue weighted by atomic mass is 9.90. The first-order valence-electron chi connectivity index (χ1n) is 9.81. The summed E-state index contributed by atoms with van der Waals surface area (Å²) in [7, 11) is 0. The molecule has 144 valence electrons. The molecule has 6 rings (SSSR count). The minimum Gasteiger partial charge on any atom is -0.342 e. The molecule has 2 aliphatic rings. The minimum absolute atomic E-state index is 0.155.